The van der Waals surface area contributed by atoms with Gasteiger partial charge in [0, 0.05) is 14.2 Å². The molecule has 2 N–H and O–H groups in total. The standard InChI is InChI=1S/C10H14N2O.H2/c1-8(12-11-2)9-4-6-10(13-3)7-5-9;/h4-7,11-12H,1H2,2-3H3;1H. The topological polar surface area (TPSA) is 33.3 Å². The summed E-state index contributed by atoms with van der Waals surface area (Å²) >= 11 is 0. The third kappa shape index (κ3) is 2.49. The first-order valence-corrected chi connectivity index (χ1v) is 4.04. The first kappa shape index (κ1) is 9.61. The molecule has 0 radical (unpaired) electrons. The van der Waals surface area contributed by atoms with Crippen LogP contribution in [0.1, 0.15) is 6.99 Å². The molecule has 0 saturated heterocycles. The van der Waals surface area contributed by atoms with Crippen LogP contribution in [0.3, 0.4) is 0 Å². The van der Waals surface area contributed by atoms with Crippen molar-refractivity contribution >= 4 is 5.70 Å². The van der Waals surface area contributed by atoms with E-state index in [1.54, 1.807) is 14.2 Å². The number of benzene rings is 1. The average Bonchev–Trinajstić information content (AvgIpc) is 2.18. The van der Waals surface area contributed by atoms with Gasteiger partial charge in [-0.3, -0.25) is 0 Å². The lowest BCUT2D eigenvalue weighted by Gasteiger charge is -2.08. The van der Waals surface area contributed by atoms with Crippen molar-refractivity contribution in [1.82, 2.24) is 10.9 Å². The van der Waals surface area contributed by atoms with Crippen molar-refractivity contribution in [1.29, 1.82) is 0 Å². The maximum absolute atomic E-state index is 5.04. The summed E-state index contributed by atoms with van der Waals surface area (Å²) in [7, 11) is 3.45. The van der Waals surface area contributed by atoms with Gasteiger partial charge in [-0.2, -0.15) is 0 Å². The molecule has 3 nitrogen and oxygen atoms in total. The first-order chi connectivity index (χ1) is 6.27. The summed E-state index contributed by atoms with van der Waals surface area (Å²) in [5.41, 5.74) is 7.60. The quantitative estimate of drug-likeness (QED) is 0.691. The largest absolute Gasteiger partial charge is 0.497 e. The Bertz CT molecular complexity index is 285. The Kier molecular flexibility index (Phi) is 3.34. The molecule has 0 bridgehead atoms. The first-order valence-electron chi connectivity index (χ1n) is 4.04. The molecule has 0 aliphatic carbocycles. The van der Waals surface area contributed by atoms with E-state index in [2.05, 4.69) is 17.4 Å². The van der Waals surface area contributed by atoms with Crippen LogP contribution in [0.15, 0.2) is 30.8 Å². The highest BCUT2D eigenvalue weighted by Gasteiger charge is 1.96. The molecule has 0 spiro atoms. The van der Waals surface area contributed by atoms with Crippen molar-refractivity contribution in [3.8, 4) is 5.75 Å². The summed E-state index contributed by atoms with van der Waals surface area (Å²) < 4.78 is 5.04. The molecule has 0 aromatic heterocycles. The summed E-state index contributed by atoms with van der Waals surface area (Å²) in [6.07, 6.45) is 0. The lowest BCUT2D eigenvalue weighted by atomic mass is 10.2. The summed E-state index contributed by atoms with van der Waals surface area (Å²) in [5.74, 6) is 0.848. The fourth-order valence-electron chi connectivity index (χ4n) is 1.02. The Balaban J connectivity index is 0.00000169. The fraction of sp³-hybridized carbons (Fsp3) is 0.200. The van der Waals surface area contributed by atoms with Gasteiger partial charge in [-0.05, 0) is 29.8 Å². The van der Waals surface area contributed by atoms with Gasteiger partial charge in [-0.1, -0.05) is 6.58 Å². The molecule has 0 saturated carbocycles. The van der Waals surface area contributed by atoms with E-state index in [-0.39, 0.29) is 1.43 Å². The van der Waals surface area contributed by atoms with E-state index in [0.29, 0.717) is 0 Å². The second-order valence-corrected chi connectivity index (χ2v) is 2.58. The van der Waals surface area contributed by atoms with E-state index in [9.17, 15) is 0 Å². The van der Waals surface area contributed by atoms with Gasteiger partial charge in [0.1, 0.15) is 5.75 Å². The molecule has 0 fully saturated rings. The second-order valence-electron chi connectivity index (χ2n) is 2.58. The van der Waals surface area contributed by atoms with Crippen molar-refractivity contribution in [2.75, 3.05) is 14.2 Å². The lowest BCUT2D eigenvalue weighted by molar-refractivity contribution is 0.415. The molecule has 0 aliphatic rings. The Labute approximate surface area is 79.9 Å². The van der Waals surface area contributed by atoms with E-state index in [1.807, 2.05) is 24.3 Å². The zero-order valence-electron chi connectivity index (χ0n) is 7.92. The monoisotopic (exact) mass is 180 g/mol. The van der Waals surface area contributed by atoms with Gasteiger partial charge in [-0.15, -0.1) is 0 Å². The normalized spacial score (nSPS) is 9.38. The van der Waals surface area contributed by atoms with Crippen LogP contribution in [-0.2, 0) is 0 Å². The van der Waals surface area contributed by atoms with Crippen LogP contribution in [0, 0.1) is 0 Å². The van der Waals surface area contributed by atoms with Crippen LogP contribution in [0.4, 0.5) is 0 Å². The maximum Gasteiger partial charge on any atom is 0.118 e. The molecule has 0 amide bonds. The molecule has 1 rings (SSSR count). The number of hydrogen-bond acceptors (Lipinski definition) is 3. The van der Waals surface area contributed by atoms with E-state index in [4.69, 9.17) is 4.74 Å². The van der Waals surface area contributed by atoms with E-state index in [0.717, 1.165) is 17.0 Å². The summed E-state index contributed by atoms with van der Waals surface area (Å²) in [6.45, 7) is 3.86. The number of hydrogen-bond donors (Lipinski definition) is 2. The smallest absolute Gasteiger partial charge is 0.118 e. The molecule has 3 heteroatoms. The molecule has 0 heterocycles. The number of nitrogens with one attached hydrogen (secondary N) is 2. The third-order valence-electron chi connectivity index (χ3n) is 1.71. The molecule has 0 unspecified atom stereocenters. The fourth-order valence-corrected chi connectivity index (χ4v) is 1.02. The Morgan fingerprint density at radius 3 is 2.46 bits per heavy atom. The van der Waals surface area contributed by atoms with Gasteiger partial charge >= 0.3 is 0 Å². The molecule has 1 aromatic rings. The zero-order chi connectivity index (χ0) is 9.68. The number of ether oxygens (including phenoxy) is 1. The Hall–Kier alpha value is -1.48. The highest BCUT2D eigenvalue weighted by atomic mass is 16.5. The van der Waals surface area contributed by atoms with Crippen molar-refractivity contribution in [2.45, 2.75) is 0 Å². The minimum atomic E-state index is 0. The molecule has 13 heavy (non-hydrogen) atoms. The highest BCUT2D eigenvalue weighted by molar-refractivity contribution is 5.61. The minimum Gasteiger partial charge on any atom is -0.497 e. The van der Waals surface area contributed by atoms with Crippen LogP contribution in [0.2, 0.25) is 0 Å². The van der Waals surface area contributed by atoms with Crippen LogP contribution in [-0.4, -0.2) is 14.2 Å². The number of hydrazine groups is 1. The second kappa shape index (κ2) is 4.52. The van der Waals surface area contributed by atoms with Crippen molar-refractivity contribution in [2.24, 2.45) is 0 Å². The summed E-state index contributed by atoms with van der Waals surface area (Å²) in [4.78, 5) is 0. The van der Waals surface area contributed by atoms with Gasteiger partial charge in [0.05, 0.1) is 7.11 Å². The summed E-state index contributed by atoms with van der Waals surface area (Å²) in [6, 6.07) is 7.70. The van der Waals surface area contributed by atoms with Crippen LogP contribution < -0.4 is 15.6 Å². The average molecular weight is 180 g/mol. The van der Waals surface area contributed by atoms with Gasteiger partial charge in [0.15, 0.2) is 0 Å². The van der Waals surface area contributed by atoms with E-state index >= 15 is 0 Å². The van der Waals surface area contributed by atoms with Crippen LogP contribution in [0.25, 0.3) is 5.70 Å². The van der Waals surface area contributed by atoms with Gasteiger partial charge < -0.3 is 10.2 Å². The van der Waals surface area contributed by atoms with Crippen molar-refractivity contribution in [3.63, 3.8) is 0 Å². The zero-order valence-corrected chi connectivity index (χ0v) is 7.92. The predicted molar refractivity (Wildman–Crippen MR) is 56.3 cm³/mol. The van der Waals surface area contributed by atoms with Crippen molar-refractivity contribution < 1.29 is 6.16 Å². The molecular weight excluding hydrogens is 164 g/mol. The third-order valence-corrected chi connectivity index (χ3v) is 1.71. The van der Waals surface area contributed by atoms with Gasteiger partial charge in [0.25, 0.3) is 0 Å². The van der Waals surface area contributed by atoms with Gasteiger partial charge in [-0.25, -0.2) is 5.43 Å². The summed E-state index contributed by atoms with van der Waals surface area (Å²) in [5, 5.41) is 0. The molecule has 72 valence electrons. The molecule has 1 aromatic carbocycles. The predicted octanol–water partition coefficient (Wildman–Crippen LogP) is 1.64. The molecule has 0 atom stereocenters. The molecular formula is C10H16N2O. The van der Waals surface area contributed by atoms with E-state index < -0.39 is 0 Å². The Morgan fingerprint density at radius 1 is 1.38 bits per heavy atom. The van der Waals surface area contributed by atoms with Crippen molar-refractivity contribution in [3.05, 3.63) is 36.4 Å². The van der Waals surface area contributed by atoms with E-state index in [1.165, 1.54) is 0 Å². The lowest BCUT2D eigenvalue weighted by Crippen LogP contribution is -2.25. The van der Waals surface area contributed by atoms with Gasteiger partial charge in [0.2, 0.25) is 0 Å². The maximum atomic E-state index is 5.04. The number of rotatable bonds is 4. The Morgan fingerprint density at radius 2 is 2.00 bits per heavy atom. The van der Waals surface area contributed by atoms with Crippen LogP contribution >= 0.6 is 0 Å². The highest BCUT2D eigenvalue weighted by Crippen LogP contribution is 2.14. The van der Waals surface area contributed by atoms with Crippen LogP contribution in [0.5, 0.6) is 5.75 Å². The molecule has 0 aliphatic heterocycles. The number of methoxy groups -OCH3 is 1. The SMILES string of the molecule is C=C(NNC)c1ccc(OC)cc1.[HH]. The minimum absolute atomic E-state index is 0.